The monoisotopic (exact) mass is 243 g/mol. The highest BCUT2D eigenvalue weighted by atomic mass is 35.5. The van der Waals surface area contributed by atoms with E-state index in [1.54, 1.807) is 19.2 Å². The summed E-state index contributed by atoms with van der Waals surface area (Å²) in [5.41, 5.74) is 0.654. The second kappa shape index (κ2) is 5.61. The Morgan fingerprint density at radius 1 is 1.56 bits per heavy atom. The third kappa shape index (κ3) is 3.03. The number of phenols is 1. The third-order valence-corrected chi connectivity index (χ3v) is 2.47. The molecule has 0 aliphatic carbocycles. The molecule has 0 aliphatic heterocycles. The zero-order chi connectivity index (χ0) is 12.1. The van der Waals surface area contributed by atoms with E-state index in [-0.39, 0.29) is 17.5 Å². The molecule has 0 fully saturated rings. The highest BCUT2D eigenvalue weighted by Gasteiger charge is 2.10. The van der Waals surface area contributed by atoms with Gasteiger partial charge in [0, 0.05) is 25.2 Å². The number of phenolic OH excluding ortho intramolecular Hbond substituents is 1. The molecule has 1 amide bonds. The van der Waals surface area contributed by atoms with Gasteiger partial charge in [-0.15, -0.1) is 11.6 Å². The van der Waals surface area contributed by atoms with E-state index in [2.05, 4.69) is 0 Å². The first kappa shape index (κ1) is 12.6. The second-order valence-corrected chi connectivity index (χ2v) is 3.65. The van der Waals surface area contributed by atoms with Crippen LogP contribution >= 0.6 is 11.6 Å². The summed E-state index contributed by atoms with van der Waals surface area (Å²) in [7, 11) is 3.16. The molecule has 5 heteroatoms. The number of amides is 1. The molecule has 1 N–H and O–H groups in total. The number of benzene rings is 1. The van der Waals surface area contributed by atoms with Gasteiger partial charge in [-0.3, -0.25) is 4.79 Å². The van der Waals surface area contributed by atoms with Crippen LogP contribution in [0.25, 0.3) is 0 Å². The van der Waals surface area contributed by atoms with Crippen molar-refractivity contribution in [1.29, 1.82) is 0 Å². The van der Waals surface area contributed by atoms with E-state index in [9.17, 15) is 9.90 Å². The Kier molecular flexibility index (Phi) is 4.43. The van der Waals surface area contributed by atoms with Crippen LogP contribution in [0.15, 0.2) is 18.2 Å². The Balaban J connectivity index is 2.78. The van der Waals surface area contributed by atoms with Gasteiger partial charge in [0.15, 0.2) is 0 Å². The highest BCUT2D eigenvalue weighted by molar-refractivity contribution is 6.27. The van der Waals surface area contributed by atoms with Crippen LogP contribution in [0.2, 0.25) is 0 Å². The average Bonchev–Trinajstić information content (AvgIpc) is 2.30. The molecule has 0 saturated carbocycles. The fourth-order valence-electron chi connectivity index (χ4n) is 1.25. The molecule has 0 bridgehead atoms. The Morgan fingerprint density at radius 2 is 2.25 bits per heavy atom. The number of hydrogen-bond acceptors (Lipinski definition) is 3. The largest absolute Gasteiger partial charge is 0.507 e. The molecule has 0 radical (unpaired) electrons. The van der Waals surface area contributed by atoms with Crippen LogP contribution in [-0.4, -0.2) is 36.0 Å². The molecular weight excluding hydrogens is 230 g/mol. The van der Waals surface area contributed by atoms with Crippen molar-refractivity contribution in [2.75, 3.05) is 20.0 Å². The molecule has 0 unspecified atom stereocenters. The zero-order valence-corrected chi connectivity index (χ0v) is 9.99. The minimum atomic E-state index is -0.183. The third-order valence-electron chi connectivity index (χ3n) is 2.24. The Morgan fingerprint density at radius 3 is 2.75 bits per heavy atom. The van der Waals surface area contributed by atoms with E-state index in [1.807, 2.05) is 0 Å². The van der Waals surface area contributed by atoms with Gasteiger partial charge in [0.1, 0.15) is 17.4 Å². The van der Waals surface area contributed by atoms with Crippen LogP contribution in [-0.2, 0) is 11.3 Å². The van der Waals surface area contributed by atoms with Crippen molar-refractivity contribution < 1.29 is 14.6 Å². The molecule has 4 nitrogen and oxygen atoms in total. The predicted molar refractivity (Wildman–Crippen MR) is 61.9 cm³/mol. The molecule has 88 valence electrons. The van der Waals surface area contributed by atoms with E-state index >= 15 is 0 Å². The van der Waals surface area contributed by atoms with Crippen molar-refractivity contribution in [2.45, 2.75) is 6.54 Å². The van der Waals surface area contributed by atoms with Crippen LogP contribution in [0.1, 0.15) is 5.56 Å². The number of rotatable bonds is 4. The molecular formula is C11H14ClNO3. The van der Waals surface area contributed by atoms with Crippen molar-refractivity contribution in [3.63, 3.8) is 0 Å². The van der Waals surface area contributed by atoms with E-state index in [1.165, 1.54) is 18.1 Å². The molecule has 1 aromatic carbocycles. The van der Waals surface area contributed by atoms with Crippen molar-refractivity contribution in [2.24, 2.45) is 0 Å². The smallest absolute Gasteiger partial charge is 0.237 e. The summed E-state index contributed by atoms with van der Waals surface area (Å²) < 4.78 is 4.96. The van der Waals surface area contributed by atoms with Gasteiger partial charge in [0.05, 0.1) is 7.11 Å². The Labute approximate surface area is 99.4 Å². The lowest BCUT2D eigenvalue weighted by Gasteiger charge is -2.16. The summed E-state index contributed by atoms with van der Waals surface area (Å²) in [4.78, 5) is 12.7. The van der Waals surface area contributed by atoms with Gasteiger partial charge in [-0.25, -0.2) is 0 Å². The average molecular weight is 244 g/mol. The molecule has 0 spiro atoms. The van der Waals surface area contributed by atoms with Crippen LogP contribution in [0.4, 0.5) is 0 Å². The number of alkyl halides is 1. The van der Waals surface area contributed by atoms with Gasteiger partial charge in [-0.2, -0.15) is 0 Å². The fraction of sp³-hybridized carbons (Fsp3) is 0.364. The number of hydrogen-bond donors (Lipinski definition) is 1. The summed E-state index contributed by atoms with van der Waals surface area (Å²) in [6.45, 7) is 0.321. The topological polar surface area (TPSA) is 49.8 Å². The van der Waals surface area contributed by atoms with Crippen LogP contribution in [0, 0.1) is 0 Å². The number of carbonyl (C=O) groups excluding carboxylic acids is 1. The summed E-state index contributed by atoms with van der Waals surface area (Å²) >= 11 is 5.43. The highest BCUT2D eigenvalue weighted by Crippen LogP contribution is 2.24. The second-order valence-electron chi connectivity index (χ2n) is 3.38. The van der Waals surface area contributed by atoms with Gasteiger partial charge in [0.2, 0.25) is 5.91 Å². The molecule has 0 heterocycles. The van der Waals surface area contributed by atoms with Gasteiger partial charge in [-0.1, -0.05) is 0 Å². The lowest BCUT2D eigenvalue weighted by molar-refractivity contribution is -0.127. The number of methoxy groups -OCH3 is 1. The molecule has 16 heavy (non-hydrogen) atoms. The van der Waals surface area contributed by atoms with E-state index in [0.717, 1.165) is 0 Å². The summed E-state index contributed by atoms with van der Waals surface area (Å²) in [6, 6.07) is 4.95. The van der Waals surface area contributed by atoms with Crippen LogP contribution in [0.5, 0.6) is 11.5 Å². The SMILES string of the molecule is COc1ccc(CN(C)C(=O)CCl)c(O)c1. The molecule has 1 rings (SSSR count). The maximum atomic E-state index is 11.2. The van der Waals surface area contributed by atoms with Crippen molar-refractivity contribution in [3.8, 4) is 11.5 Å². The van der Waals surface area contributed by atoms with E-state index in [0.29, 0.717) is 17.9 Å². The van der Waals surface area contributed by atoms with Gasteiger partial charge < -0.3 is 14.7 Å². The first-order chi connectivity index (χ1) is 7.58. The molecule has 0 saturated heterocycles. The Hall–Kier alpha value is -1.42. The summed E-state index contributed by atoms with van der Waals surface area (Å²) in [5, 5.41) is 9.67. The standard InChI is InChI=1S/C11H14ClNO3/c1-13(11(15)6-12)7-8-3-4-9(16-2)5-10(8)14/h3-5,14H,6-7H2,1-2H3. The number of nitrogens with zero attached hydrogens (tertiary/aromatic N) is 1. The maximum absolute atomic E-state index is 11.2. The lowest BCUT2D eigenvalue weighted by Crippen LogP contribution is -2.27. The van der Waals surface area contributed by atoms with Crippen molar-refractivity contribution >= 4 is 17.5 Å². The first-order valence-electron chi connectivity index (χ1n) is 4.74. The van der Waals surface area contributed by atoms with Crippen LogP contribution < -0.4 is 4.74 Å². The van der Waals surface area contributed by atoms with Crippen LogP contribution in [0.3, 0.4) is 0 Å². The number of ether oxygens (including phenoxy) is 1. The number of aromatic hydroxyl groups is 1. The quantitative estimate of drug-likeness (QED) is 0.818. The zero-order valence-electron chi connectivity index (χ0n) is 9.24. The summed E-state index contributed by atoms with van der Waals surface area (Å²) in [6.07, 6.45) is 0. The molecule has 1 aromatic rings. The molecule has 0 atom stereocenters. The van der Waals surface area contributed by atoms with Crippen molar-refractivity contribution in [1.82, 2.24) is 4.90 Å². The minimum absolute atomic E-state index is 0.0621. The normalized spacial score (nSPS) is 9.94. The fourth-order valence-corrected chi connectivity index (χ4v) is 1.45. The summed E-state index contributed by atoms with van der Waals surface area (Å²) in [5.74, 6) is 0.436. The molecule has 0 aromatic heterocycles. The van der Waals surface area contributed by atoms with E-state index in [4.69, 9.17) is 16.3 Å². The van der Waals surface area contributed by atoms with Gasteiger partial charge in [0.25, 0.3) is 0 Å². The van der Waals surface area contributed by atoms with Crippen molar-refractivity contribution in [3.05, 3.63) is 23.8 Å². The number of halogens is 1. The maximum Gasteiger partial charge on any atom is 0.237 e. The van der Waals surface area contributed by atoms with Gasteiger partial charge >= 0.3 is 0 Å². The lowest BCUT2D eigenvalue weighted by atomic mass is 10.2. The Bertz CT molecular complexity index is 381. The minimum Gasteiger partial charge on any atom is -0.507 e. The van der Waals surface area contributed by atoms with Gasteiger partial charge in [-0.05, 0) is 12.1 Å². The van der Waals surface area contributed by atoms with E-state index < -0.39 is 0 Å². The predicted octanol–water partition coefficient (Wildman–Crippen LogP) is 1.60. The molecule has 0 aliphatic rings. The number of carbonyl (C=O) groups is 1. The first-order valence-corrected chi connectivity index (χ1v) is 5.27.